The molecular formula is C6H7BN4O. The average Bonchev–Trinajstić information content (AvgIpc) is 2.49. The molecule has 2 N–H and O–H groups in total. The highest BCUT2D eigenvalue weighted by Crippen LogP contribution is 2.07. The second-order valence-electron chi connectivity index (χ2n) is 2.39. The van der Waals surface area contributed by atoms with E-state index >= 15 is 0 Å². The lowest BCUT2D eigenvalue weighted by Gasteiger charge is -1.93. The van der Waals surface area contributed by atoms with Gasteiger partial charge in [-0.3, -0.25) is 9.20 Å². The molecule has 6 heteroatoms. The van der Waals surface area contributed by atoms with Crippen LogP contribution in [0.5, 0.6) is 0 Å². The maximum absolute atomic E-state index is 11.3. The number of nitrogens with one attached hydrogen (secondary N) is 2. The molecule has 2 aromatic heterocycles. The molecule has 0 atom stereocenters. The van der Waals surface area contributed by atoms with Crippen LogP contribution in [0.4, 0.5) is 5.82 Å². The van der Waals surface area contributed by atoms with Crippen molar-refractivity contribution in [2.45, 2.75) is 0 Å². The van der Waals surface area contributed by atoms with Crippen molar-refractivity contribution in [3.8, 4) is 0 Å². The number of rotatable bonds is 1. The Bertz CT molecular complexity index is 460. The third kappa shape index (κ3) is 0.811. The highest BCUT2D eigenvalue weighted by Gasteiger charge is 2.04. The van der Waals surface area contributed by atoms with Gasteiger partial charge in [-0.05, 0) is 0 Å². The highest BCUT2D eigenvalue weighted by molar-refractivity contribution is 6.16. The minimum absolute atomic E-state index is 0.139. The van der Waals surface area contributed by atoms with Crippen molar-refractivity contribution in [3.05, 3.63) is 29.1 Å². The van der Waals surface area contributed by atoms with Crippen molar-refractivity contribution >= 4 is 19.3 Å². The smallest absolute Gasteiger partial charge is 0.276 e. The van der Waals surface area contributed by atoms with Gasteiger partial charge in [0.15, 0.2) is 5.52 Å². The molecular weight excluding hydrogens is 155 g/mol. The quantitative estimate of drug-likeness (QED) is 0.527. The zero-order valence-corrected chi connectivity index (χ0v) is 6.53. The maximum atomic E-state index is 11.3. The van der Waals surface area contributed by atoms with Gasteiger partial charge in [0.25, 0.3) is 5.56 Å². The van der Waals surface area contributed by atoms with E-state index in [1.54, 1.807) is 31.1 Å². The lowest BCUT2D eigenvalue weighted by atomic mass is 10.4. The van der Waals surface area contributed by atoms with Crippen LogP contribution in [0.25, 0.3) is 5.52 Å². The Kier molecular flexibility index (Phi) is 1.39. The van der Waals surface area contributed by atoms with Crippen molar-refractivity contribution in [1.29, 1.82) is 0 Å². The van der Waals surface area contributed by atoms with Gasteiger partial charge < -0.3 is 10.2 Å². The fourth-order valence-electron chi connectivity index (χ4n) is 1.14. The van der Waals surface area contributed by atoms with Crippen LogP contribution in [0.2, 0.25) is 0 Å². The van der Waals surface area contributed by atoms with Crippen LogP contribution in [0.15, 0.2) is 23.5 Å². The minimum Gasteiger partial charge on any atom is -0.418 e. The number of aromatic nitrogens is 3. The van der Waals surface area contributed by atoms with E-state index in [-0.39, 0.29) is 5.56 Å². The molecule has 0 aliphatic heterocycles. The Morgan fingerprint density at radius 3 is 3.25 bits per heavy atom. The van der Waals surface area contributed by atoms with Gasteiger partial charge in [-0.1, -0.05) is 0 Å². The summed E-state index contributed by atoms with van der Waals surface area (Å²) in [4.78, 5) is 17.8. The fraction of sp³-hybridized carbons (Fsp3) is 0. The van der Waals surface area contributed by atoms with E-state index in [0.717, 1.165) is 0 Å². The first-order valence-corrected chi connectivity index (χ1v) is 3.55. The molecule has 2 aromatic rings. The molecule has 0 aliphatic carbocycles. The Labute approximate surface area is 68.9 Å². The monoisotopic (exact) mass is 162 g/mol. The number of fused-ring (bicyclic) bond motifs is 1. The number of nitrogens with zero attached hydrogens (tertiary/aromatic N) is 2. The lowest BCUT2D eigenvalue weighted by molar-refractivity contribution is 1.09. The Morgan fingerprint density at radius 1 is 1.67 bits per heavy atom. The normalized spacial score (nSPS) is 10.3. The van der Waals surface area contributed by atoms with Crippen LogP contribution < -0.4 is 10.8 Å². The molecule has 0 radical (unpaired) electrons. The minimum atomic E-state index is -0.139. The molecule has 12 heavy (non-hydrogen) atoms. The van der Waals surface area contributed by atoms with Crippen molar-refractivity contribution in [3.63, 3.8) is 0 Å². The van der Waals surface area contributed by atoms with E-state index < -0.39 is 0 Å². The highest BCUT2D eigenvalue weighted by atomic mass is 16.1. The molecule has 2 heterocycles. The van der Waals surface area contributed by atoms with E-state index in [9.17, 15) is 4.79 Å². The number of hydrogen-bond acceptors (Lipinski definition) is 3. The summed E-state index contributed by atoms with van der Waals surface area (Å²) in [5, 5.41) is 2.84. The molecule has 0 saturated heterocycles. The van der Waals surface area contributed by atoms with E-state index in [0.29, 0.717) is 11.3 Å². The van der Waals surface area contributed by atoms with Crippen molar-refractivity contribution in [2.75, 3.05) is 5.23 Å². The lowest BCUT2D eigenvalue weighted by Crippen LogP contribution is -2.09. The number of imidazole rings is 1. The zero-order valence-electron chi connectivity index (χ0n) is 6.53. The number of hydrogen-bond donors (Lipinski definition) is 2. The van der Waals surface area contributed by atoms with Crippen molar-refractivity contribution < 1.29 is 0 Å². The molecule has 60 valence electrons. The van der Waals surface area contributed by atoms with Crippen LogP contribution in [0.1, 0.15) is 0 Å². The molecule has 0 unspecified atom stereocenters. The van der Waals surface area contributed by atoms with Gasteiger partial charge in [-0.2, -0.15) is 0 Å². The molecule has 2 rings (SSSR count). The molecule has 0 amide bonds. The van der Waals surface area contributed by atoms with Crippen molar-refractivity contribution in [2.24, 2.45) is 0 Å². The van der Waals surface area contributed by atoms with Crippen LogP contribution in [0, 0.1) is 0 Å². The molecule has 0 spiro atoms. The molecule has 0 aliphatic rings. The predicted octanol–water partition coefficient (Wildman–Crippen LogP) is -1.02. The average molecular weight is 162 g/mol. The summed E-state index contributed by atoms with van der Waals surface area (Å²) in [6, 6.07) is 0. The van der Waals surface area contributed by atoms with Crippen LogP contribution in [-0.2, 0) is 0 Å². The SMILES string of the molecule is BNc1ncn2cc[nH]c(=O)c12. The van der Waals surface area contributed by atoms with Crippen LogP contribution in [0.3, 0.4) is 0 Å². The summed E-state index contributed by atoms with van der Waals surface area (Å²) in [6.07, 6.45) is 4.91. The summed E-state index contributed by atoms with van der Waals surface area (Å²) in [7, 11) is 1.73. The summed E-state index contributed by atoms with van der Waals surface area (Å²) in [6.45, 7) is 0. The van der Waals surface area contributed by atoms with Gasteiger partial charge in [0.05, 0.1) is 0 Å². The second kappa shape index (κ2) is 2.40. The first-order chi connectivity index (χ1) is 5.83. The molecule has 0 bridgehead atoms. The van der Waals surface area contributed by atoms with Gasteiger partial charge in [-0.25, -0.2) is 4.98 Å². The molecule has 0 fully saturated rings. The summed E-state index contributed by atoms with van der Waals surface area (Å²) in [5.41, 5.74) is 0.402. The third-order valence-corrected chi connectivity index (χ3v) is 1.70. The zero-order chi connectivity index (χ0) is 8.55. The van der Waals surface area contributed by atoms with E-state index in [1.807, 2.05) is 0 Å². The van der Waals surface area contributed by atoms with Crippen LogP contribution >= 0.6 is 0 Å². The summed E-state index contributed by atoms with van der Waals surface area (Å²) in [5.74, 6) is 0.594. The first-order valence-electron chi connectivity index (χ1n) is 3.55. The Hall–Kier alpha value is -1.72. The fourth-order valence-corrected chi connectivity index (χ4v) is 1.14. The molecule has 0 saturated carbocycles. The van der Waals surface area contributed by atoms with E-state index in [4.69, 9.17) is 0 Å². The Morgan fingerprint density at radius 2 is 2.50 bits per heavy atom. The van der Waals surface area contributed by atoms with Gasteiger partial charge in [0, 0.05) is 12.4 Å². The number of H-pyrrole nitrogens is 1. The van der Waals surface area contributed by atoms with Crippen LogP contribution in [-0.4, -0.2) is 22.3 Å². The summed E-state index contributed by atoms with van der Waals surface area (Å²) < 4.78 is 1.67. The summed E-state index contributed by atoms with van der Waals surface area (Å²) >= 11 is 0. The Balaban J connectivity index is 2.92. The maximum Gasteiger partial charge on any atom is 0.276 e. The van der Waals surface area contributed by atoms with Gasteiger partial charge >= 0.3 is 0 Å². The standard InChI is InChI=1S/C6H7BN4O/c7-10-5-4-6(12)8-1-2-11(4)3-9-5/h1-3,10H,7H2,(H,8,12). The van der Waals surface area contributed by atoms with Gasteiger partial charge in [-0.15, -0.1) is 0 Å². The molecule has 0 aromatic carbocycles. The largest absolute Gasteiger partial charge is 0.418 e. The third-order valence-electron chi connectivity index (χ3n) is 1.70. The number of aromatic amines is 1. The predicted molar refractivity (Wildman–Crippen MR) is 48.0 cm³/mol. The first kappa shape index (κ1) is 6.96. The second-order valence-corrected chi connectivity index (χ2v) is 2.39. The van der Waals surface area contributed by atoms with Gasteiger partial charge in [0.1, 0.15) is 12.1 Å². The van der Waals surface area contributed by atoms with Gasteiger partial charge in [0.2, 0.25) is 7.98 Å². The van der Waals surface area contributed by atoms with Crippen molar-refractivity contribution in [1.82, 2.24) is 14.4 Å². The van der Waals surface area contributed by atoms with E-state index in [1.165, 1.54) is 0 Å². The number of anilines is 1. The molecule has 5 nitrogen and oxygen atoms in total. The van der Waals surface area contributed by atoms with E-state index in [2.05, 4.69) is 15.2 Å². The topological polar surface area (TPSA) is 62.2 Å².